The normalized spacial score (nSPS) is 25.8. The van der Waals surface area contributed by atoms with Crippen molar-refractivity contribution in [2.24, 2.45) is 5.92 Å². The lowest BCUT2D eigenvalue weighted by Crippen LogP contribution is -2.57. The maximum atomic E-state index is 12.3. The SMILES string of the molecule is CC[C@@H](C)C(=O)O[C@H]1[C@H](OC/C=C(/C)CCC=C(C)C)OC[C@@H](O)[C@@H]1OC(C)=O. The van der Waals surface area contributed by atoms with Crippen molar-refractivity contribution in [3.05, 3.63) is 23.3 Å². The first-order chi connectivity index (χ1) is 13.6. The van der Waals surface area contributed by atoms with Gasteiger partial charge in [0.05, 0.1) is 19.1 Å². The second-order valence-corrected chi connectivity index (χ2v) is 7.76. The molecule has 0 unspecified atom stereocenters. The van der Waals surface area contributed by atoms with Gasteiger partial charge in [-0.05, 0) is 40.0 Å². The molecule has 7 nitrogen and oxygen atoms in total. The number of ether oxygens (including phenoxy) is 4. The van der Waals surface area contributed by atoms with Gasteiger partial charge in [0.25, 0.3) is 0 Å². The molecule has 1 heterocycles. The van der Waals surface area contributed by atoms with Gasteiger partial charge in [0.2, 0.25) is 0 Å². The van der Waals surface area contributed by atoms with Gasteiger partial charge in [0.1, 0.15) is 6.10 Å². The largest absolute Gasteiger partial charge is 0.455 e. The molecule has 1 rings (SSSR count). The Morgan fingerprint density at radius 2 is 1.83 bits per heavy atom. The Bertz CT molecular complexity index is 592. The van der Waals surface area contributed by atoms with E-state index in [1.165, 1.54) is 18.1 Å². The number of aliphatic hydroxyl groups excluding tert-OH is 1. The lowest BCUT2D eigenvalue weighted by Gasteiger charge is -2.39. The molecule has 0 aromatic carbocycles. The van der Waals surface area contributed by atoms with Crippen LogP contribution < -0.4 is 0 Å². The standard InChI is InChI=1S/C22H36O7/c1-7-16(5)21(25)29-20-19(28-17(6)23)18(24)13-27-22(20)26-12-11-15(4)10-8-9-14(2)3/h9,11,16,18-20,22,24H,7-8,10,12-13H2,1-6H3/b15-11-/t16-,18-,19+,20-,22-/m1/s1. The Morgan fingerprint density at radius 1 is 1.14 bits per heavy atom. The van der Waals surface area contributed by atoms with Gasteiger partial charge in [-0.15, -0.1) is 0 Å². The van der Waals surface area contributed by atoms with Gasteiger partial charge in [-0.2, -0.15) is 0 Å². The summed E-state index contributed by atoms with van der Waals surface area (Å²) in [6.07, 6.45) is 2.49. The number of allylic oxidation sites excluding steroid dienone is 3. The van der Waals surface area contributed by atoms with E-state index in [1.807, 2.05) is 19.9 Å². The summed E-state index contributed by atoms with van der Waals surface area (Å²) in [6, 6.07) is 0. The van der Waals surface area contributed by atoms with Crippen molar-refractivity contribution < 1.29 is 33.6 Å². The van der Waals surface area contributed by atoms with Gasteiger partial charge < -0.3 is 24.1 Å². The molecular weight excluding hydrogens is 376 g/mol. The maximum Gasteiger partial charge on any atom is 0.309 e. The average Bonchev–Trinajstić information content (AvgIpc) is 2.64. The Morgan fingerprint density at radius 3 is 2.41 bits per heavy atom. The predicted octanol–water partition coefficient (Wildman–Crippen LogP) is 3.30. The molecule has 0 amide bonds. The third-order valence-corrected chi connectivity index (χ3v) is 4.76. The van der Waals surface area contributed by atoms with E-state index in [0.29, 0.717) is 6.42 Å². The Balaban J connectivity index is 2.81. The molecule has 0 saturated carbocycles. The van der Waals surface area contributed by atoms with Crippen LogP contribution in [-0.4, -0.2) is 54.9 Å². The Labute approximate surface area is 174 Å². The third-order valence-electron chi connectivity index (χ3n) is 4.76. The smallest absolute Gasteiger partial charge is 0.309 e. The lowest BCUT2D eigenvalue weighted by molar-refractivity contribution is -0.277. The van der Waals surface area contributed by atoms with E-state index >= 15 is 0 Å². The Hall–Kier alpha value is -1.70. The van der Waals surface area contributed by atoms with Gasteiger partial charge in [0.15, 0.2) is 18.5 Å². The van der Waals surface area contributed by atoms with Crippen molar-refractivity contribution in [1.82, 2.24) is 0 Å². The molecule has 166 valence electrons. The van der Waals surface area contributed by atoms with Crippen LogP contribution in [0.3, 0.4) is 0 Å². The summed E-state index contributed by atoms with van der Waals surface area (Å²) in [7, 11) is 0. The monoisotopic (exact) mass is 412 g/mol. The molecule has 0 radical (unpaired) electrons. The lowest BCUT2D eigenvalue weighted by atomic mass is 10.0. The summed E-state index contributed by atoms with van der Waals surface area (Å²) in [4.78, 5) is 23.8. The number of hydrogen-bond donors (Lipinski definition) is 1. The molecule has 1 aliphatic rings. The highest BCUT2D eigenvalue weighted by Crippen LogP contribution is 2.24. The number of carbonyl (C=O) groups is 2. The highest BCUT2D eigenvalue weighted by atomic mass is 16.7. The average molecular weight is 413 g/mol. The van der Waals surface area contributed by atoms with Crippen molar-refractivity contribution in [3.63, 3.8) is 0 Å². The zero-order chi connectivity index (χ0) is 22.0. The minimum Gasteiger partial charge on any atom is -0.455 e. The second-order valence-electron chi connectivity index (χ2n) is 7.76. The highest BCUT2D eigenvalue weighted by molar-refractivity contribution is 5.72. The van der Waals surface area contributed by atoms with Crippen LogP contribution in [-0.2, 0) is 28.5 Å². The summed E-state index contributed by atoms with van der Waals surface area (Å²) < 4.78 is 22.1. The quantitative estimate of drug-likeness (QED) is 0.435. The molecule has 1 fully saturated rings. The molecule has 5 atom stereocenters. The number of esters is 2. The van der Waals surface area contributed by atoms with E-state index < -0.39 is 36.5 Å². The fraction of sp³-hybridized carbons (Fsp3) is 0.727. The van der Waals surface area contributed by atoms with Crippen LogP contribution in [0.25, 0.3) is 0 Å². The number of aliphatic hydroxyl groups is 1. The first kappa shape index (κ1) is 25.3. The van der Waals surface area contributed by atoms with Crippen molar-refractivity contribution in [2.75, 3.05) is 13.2 Å². The summed E-state index contributed by atoms with van der Waals surface area (Å²) in [5, 5.41) is 10.2. The fourth-order valence-corrected chi connectivity index (χ4v) is 2.75. The fourth-order valence-electron chi connectivity index (χ4n) is 2.75. The predicted molar refractivity (Wildman–Crippen MR) is 109 cm³/mol. The summed E-state index contributed by atoms with van der Waals surface area (Å²) in [5.41, 5.74) is 2.45. The van der Waals surface area contributed by atoms with E-state index in [4.69, 9.17) is 18.9 Å². The van der Waals surface area contributed by atoms with Gasteiger partial charge in [0, 0.05) is 6.92 Å². The molecule has 1 saturated heterocycles. The van der Waals surface area contributed by atoms with Crippen LogP contribution >= 0.6 is 0 Å². The van der Waals surface area contributed by atoms with Crippen LogP contribution in [0.15, 0.2) is 23.3 Å². The highest BCUT2D eigenvalue weighted by Gasteiger charge is 2.45. The molecule has 7 heteroatoms. The molecule has 0 spiro atoms. The van der Waals surface area contributed by atoms with Crippen molar-refractivity contribution in [3.8, 4) is 0 Å². The van der Waals surface area contributed by atoms with Crippen LogP contribution in [0, 0.1) is 5.92 Å². The zero-order valence-electron chi connectivity index (χ0n) is 18.5. The van der Waals surface area contributed by atoms with E-state index in [0.717, 1.165) is 12.8 Å². The number of carbonyl (C=O) groups excluding carboxylic acids is 2. The minimum atomic E-state index is -1.10. The van der Waals surface area contributed by atoms with Gasteiger partial charge in [-0.25, -0.2) is 0 Å². The molecule has 1 N–H and O–H groups in total. The van der Waals surface area contributed by atoms with Crippen LogP contribution in [0.1, 0.15) is 60.8 Å². The van der Waals surface area contributed by atoms with Gasteiger partial charge in [-0.1, -0.05) is 37.1 Å². The maximum absolute atomic E-state index is 12.3. The van der Waals surface area contributed by atoms with E-state index in [2.05, 4.69) is 19.9 Å². The van der Waals surface area contributed by atoms with E-state index in [9.17, 15) is 14.7 Å². The second kappa shape index (κ2) is 12.8. The summed E-state index contributed by atoms with van der Waals surface area (Å²) in [6.45, 7) is 11.2. The van der Waals surface area contributed by atoms with Crippen molar-refractivity contribution >= 4 is 11.9 Å². The van der Waals surface area contributed by atoms with Crippen LogP contribution in [0.2, 0.25) is 0 Å². The molecule has 0 bridgehead atoms. The van der Waals surface area contributed by atoms with Crippen LogP contribution in [0.5, 0.6) is 0 Å². The molecule has 1 aliphatic heterocycles. The molecule has 29 heavy (non-hydrogen) atoms. The van der Waals surface area contributed by atoms with Crippen molar-refractivity contribution in [2.45, 2.75) is 85.4 Å². The van der Waals surface area contributed by atoms with Crippen molar-refractivity contribution in [1.29, 1.82) is 0 Å². The zero-order valence-corrected chi connectivity index (χ0v) is 18.5. The first-order valence-corrected chi connectivity index (χ1v) is 10.2. The van der Waals surface area contributed by atoms with Crippen LogP contribution in [0.4, 0.5) is 0 Å². The Kier molecular flexibility index (Phi) is 11.2. The molecular formula is C22H36O7. The first-order valence-electron chi connectivity index (χ1n) is 10.2. The van der Waals surface area contributed by atoms with Gasteiger partial charge in [-0.3, -0.25) is 9.59 Å². The summed E-state index contributed by atoms with van der Waals surface area (Å²) >= 11 is 0. The number of rotatable bonds is 10. The molecule has 0 aliphatic carbocycles. The topological polar surface area (TPSA) is 91.3 Å². The minimum absolute atomic E-state index is 0.0801. The summed E-state index contributed by atoms with van der Waals surface area (Å²) in [5.74, 6) is -1.35. The van der Waals surface area contributed by atoms with E-state index in [-0.39, 0.29) is 19.1 Å². The molecule has 0 aromatic heterocycles. The van der Waals surface area contributed by atoms with E-state index in [1.54, 1.807) is 6.92 Å². The molecule has 0 aromatic rings. The van der Waals surface area contributed by atoms with Gasteiger partial charge >= 0.3 is 11.9 Å². The third kappa shape index (κ3) is 9.10. The number of hydrogen-bond acceptors (Lipinski definition) is 7.